The Morgan fingerprint density at radius 2 is 2.00 bits per heavy atom. The summed E-state index contributed by atoms with van der Waals surface area (Å²) in [6.07, 6.45) is 0.976. The van der Waals surface area contributed by atoms with Gasteiger partial charge in [0.15, 0.2) is 0 Å². The van der Waals surface area contributed by atoms with Gasteiger partial charge < -0.3 is 15.7 Å². The fraction of sp³-hybridized carbons (Fsp3) is 0.818. The summed E-state index contributed by atoms with van der Waals surface area (Å²) in [5.41, 5.74) is 0. The normalized spacial score (nSPS) is 25.0. The molecule has 0 aromatic heterocycles. The SMILES string of the molecule is CC(C)C(CC(=O)O)NC(=O)NC1CC1C. The minimum absolute atomic E-state index is 0.0364. The van der Waals surface area contributed by atoms with E-state index in [0.29, 0.717) is 5.92 Å². The van der Waals surface area contributed by atoms with Crippen molar-refractivity contribution in [1.29, 1.82) is 0 Å². The van der Waals surface area contributed by atoms with Gasteiger partial charge in [-0.05, 0) is 18.3 Å². The van der Waals surface area contributed by atoms with Gasteiger partial charge in [0, 0.05) is 12.1 Å². The second-order valence-electron chi connectivity index (χ2n) is 4.89. The van der Waals surface area contributed by atoms with Gasteiger partial charge in [-0.15, -0.1) is 0 Å². The van der Waals surface area contributed by atoms with Gasteiger partial charge in [0.25, 0.3) is 0 Å². The summed E-state index contributed by atoms with van der Waals surface area (Å²) in [7, 11) is 0. The summed E-state index contributed by atoms with van der Waals surface area (Å²) in [6.45, 7) is 5.86. The van der Waals surface area contributed by atoms with Crippen LogP contribution in [-0.2, 0) is 4.79 Å². The van der Waals surface area contributed by atoms with Gasteiger partial charge in [-0.1, -0.05) is 20.8 Å². The van der Waals surface area contributed by atoms with E-state index in [1.165, 1.54) is 0 Å². The van der Waals surface area contributed by atoms with Crippen molar-refractivity contribution in [2.24, 2.45) is 11.8 Å². The van der Waals surface area contributed by atoms with Crippen LogP contribution in [0.15, 0.2) is 0 Å². The number of carboxylic acids is 1. The van der Waals surface area contributed by atoms with Crippen molar-refractivity contribution in [3.8, 4) is 0 Å². The predicted molar refractivity (Wildman–Crippen MR) is 60.1 cm³/mol. The molecule has 5 heteroatoms. The number of urea groups is 1. The van der Waals surface area contributed by atoms with Crippen LogP contribution in [0.4, 0.5) is 4.79 Å². The Labute approximate surface area is 95.6 Å². The number of aliphatic carboxylic acids is 1. The van der Waals surface area contributed by atoms with E-state index in [-0.39, 0.29) is 30.5 Å². The van der Waals surface area contributed by atoms with Crippen LogP contribution in [0.1, 0.15) is 33.6 Å². The van der Waals surface area contributed by atoms with Crippen molar-refractivity contribution >= 4 is 12.0 Å². The maximum atomic E-state index is 11.5. The molecule has 1 rings (SSSR count). The Balaban J connectivity index is 2.35. The lowest BCUT2D eigenvalue weighted by Crippen LogP contribution is -2.46. The number of amides is 2. The maximum Gasteiger partial charge on any atom is 0.315 e. The van der Waals surface area contributed by atoms with E-state index in [4.69, 9.17) is 5.11 Å². The Hall–Kier alpha value is -1.26. The van der Waals surface area contributed by atoms with E-state index in [0.717, 1.165) is 6.42 Å². The number of rotatable bonds is 5. The highest BCUT2D eigenvalue weighted by Gasteiger charge is 2.34. The molecule has 92 valence electrons. The second kappa shape index (κ2) is 5.18. The van der Waals surface area contributed by atoms with Crippen LogP contribution in [0.2, 0.25) is 0 Å². The average molecular weight is 228 g/mol. The molecule has 16 heavy (non-hydrogen) atoms. The molecule has 1 aliphatic carbocycles. The molecule has 0 heterocycles. The topological polar surface area (TPSA) is 78.4 Å². The molecule has 0 aromatic rings. The predicted octanol–water partition coefficient (Wildman–Crippen LogP) is 1.19. The van der Waals surface area contributed by atoms with Gasteiger partial charge in [0.2, 0.25) is 0 Å². The molecule has 0 aliphatic heterocycles. The molecule has 0 radical (unpaired) electrons. The number of hydrogen-bond acceptors (Lipinski definition) is 2. The van der Waals surface area contributed by atoms with Gasteiger partial charge in [-0.25, -0.2) is 4.79 Å². The van der Waals surface area contributed by atoms with Crippen LogP contribution in [0.3, 0.4) is 0 Å². The molecular weight excluding hydrogens is 208 g/mol. The van der Waals surface area contributed by atoms with E-state index >= 15 is 0 Å². The van der Waals surface area contributed by atoms with Gasteiger partial charge in [0.05, 0.1) is 6.42 Å². The fourth-order valence-electron chi connectivity index (χ4n) is 1.54. The first-order chi connectivity index (χ1) is 7.40. The molecule has 0 bridgehead atoms. The third kappa shape index (κ3) is 4.08. The van der Waals surface area contributed by atoms with E-state index in [1.807, 2.05) is 13.8 Å². The monoisotopic (exact) mass is 228 g/mol. The van der Waals surface area contributed by atoms with Crippen molar-refractivity contribution in [2.45, 2.75) is 45.7 Å². The first kappa shape index (κ1) is 12.8. The smallest absolute Gasteiger partial charge is 0.315 e. The summed E-state index contributed by atoms with van der Waals surface area (Å²) >= 11 is 0. The molecule has 3 unspecified atom stereocenters. The van der Waals surface area contributed by atoms with Gasteiger partial charge in [0.1, 0.15) is 0 Å². The Morgan fingerprint density at radius 3 is 2.38 bits per heavy atom. The summed E-state index contributed by atoms with van der Waals surface area (Å²) < 4.78 is 0. The highest BCUT2D eigenvalue weighted by atomic mass is 16.4. The maximum absolute atomic E-state index is 11.5. The molecule has 0 spiro atoms. The zero-order valence-electron chi connectivity index (χ0n) is 9.99. The lowest BCUT2D eigenvalue weighted by Gasteiger charge is -2.20. The second-order valence-corrected chi connectivity index (χ2v) is 4.89. The third-order valence-corrected chi connectivity index (χ3v) is 2.94. The fourth-order valence-corrected chi connectivity index (χ4v) is 1.54. The lowest BCUT2D eigenvalue weighted by atomic mass is 10.0. The van der Waals surface area contributed by atoms with Crippen molar-refractivity contribution < 1.29 is 14.7 Å². The third-order valence-electron chi connectivity index (χ3n) is 2.94. The van der Waals surface area contributed by atoms with E-state index in [9.17, 15) is 9.59 Å². The van der Waals surface area contributed by atoms with Gasteiger partial charge in [-0.3, -0.25) is 4.79 Å². The first-order valence-corrected chi connectivity index (χ1v) is 5.69. The first-order valence-electron chi connectivity index (χ1n) is 5.69. The minimum atomic E-state index is -0.890. The largest absolute Gasteiger partial charge is 0.481 e. The Morgan fingerprint density at radius 1 is 1.44 bits per heavy atom. The summed E-state index contributed by atoms with van der Waals surface area (Å²) in [5, 5.41) is 14.2. The van der Waals surface area contributed by atoms with E-state index in [1.54, 1.807) is 0 Å². The molecule has 1 fully saturated rings. The molecule has 0 saturated heterocycles. The molecule has 3 N–H and O–H groups in total. The lowest BCUT2D eigenvalue weighted by molar-refractivity contribution is -0.137. The molecule has 1 saturated carbocycles. The standard InChI is InChI=1S/C11H20N2O3/c1-6(2)8(5-10(14)15)12-11(16)13-9-4-7(9)3/h6-9H,4-5H2,1-3H3,(H,14,15)(H2,12,13,16). The van der Waals surface area contributed by atoms with Crippen LogP contribution in [0, 0.1) is 11.8 Å². The Bertz CT molecular complexity index is 278. The minimum Gasteiger partial charge on any atom is -0.481 e. The number of carbonyl (C=O) groups is 2. The van der Waals surface area contributed by atoms with Gasteiger partial charge >= 0.3 is 12.0 Å². The quantitative estimate of drug-likeness (QED) is 0.661. The van der Waals surface area contributed by atoms with E-state index < -0.39 is 5.97 Å². The van der Waals surface area contributed by atoms with Crippen LogP contribution in [0.25, 0.3) is 0 Å². The summed E-state index contributed by atoms with van der Waals surface area (Å²) in [5.74, 6) is -0.236. The van der Waals surface area contributed by atoms with Crippen molar-refractivity contribution in [3.63, 3.8) is 0 Å². The van der Waals surface area contributed by atoms with Gasteiger partial charge in [-0.2, -0.15) is 0 Å². The van der Waals surface area contributed by atoms with Crippen LogP contribution >= 0.6 is 0 Å². The Kier molecular flexibility index (Phi) is 4.15. The highest BCUT2D eigenvalue weighted by molar-refractivity contribution is 5.76. The number of carboxylic acid groups (broad SMARTS) is 1. The van der Waals surface area contributed by atoms with E-state index in [2.05, 4.69) is 17.6 Å². The average Bonchev–Trinajstić information content (AvgIpc) is 2.79. The molecule has 2 amide bonds. The van der Waals surface area contributed by atoms with Crippen LogP contribution in [0.5, 0.6) is 0 Å². The molecule has 0 aromatic carbocycles. The van der Waals surface area contributed by atoms with Crippen LogP contribution < -0.4 is 10.6 Å². The van der Waals surface area contributed by atoms with Crippen molar-refractivity contribution in [2.75, 3.05) is 0 Å². The van der Waals surface area contributed by atoms with Crippen molar-refractivity contribution in [1.82, 2.24) is 10.6 Å². The molecule has 1 aliphatic rings. The number of nitrogens with one attached hydrogen (secondary N) is 2. The summed E-state index contributed by atoms with van der Waals surface area (Å²) in [4.78, 5) is 22.1. The number of hydrogen-bond donors (Lipinski definition) is 3. The molecule has 5 nitrogen and oxygen atoms in total. The zero-order valence-corrected chi connectivity index (χ0v) is 9.99. The zero-order chi connectivity index (χ0) is 12.3. The molecule has 3 atom stereocenters. The highest BCUT2D eigenvalue weighted by Crippen LogP contribution is 2.28. The van der Waals surface area contributed by atoms with Crippen molar-refractivity contribution in [3.05, 3.63) is 0 Å². The number of carbonyl (C=O) groups excluding carboxylic acids is 1. The summed E-state index contributed by atoms with van der Waals surface area (Å²) in [6, 6.07) is -0.307. The molecular formula is C11H20N2O3. The van der Waals surface area contributed by atoms with Crippen LogP contribution in [-0.4, -0.2) is 29.2 Å².